The zero-order valence-corrected chi connectivity index (χ0v) is 30.1. The number of hydrogen-bond acceptors (Lipinski definition) is 10. The van der Waals surface area contributed by atoms with Crippen molar-refractivity contribution in [1.82, 2.24) is 30.2 Å². The normalized spacial score (nSPS) is 21.8. The largest absolute Gasteiger partial charge is 0.465 e. The van der Waals surface area contributed by atoms with Crippen molar-refractivity contribution in [1.29, 1.82) is 0 Å². The Morgan fingerprint density at radius 1 is 1.04 bits per heavy atom. The number of benzene rings is 1. The van der Waals surface area contributed by atoms with E-state index in [1.807, 2.05) is 63.5 Å². The van der Waals surface area contributed by atoms with Crippen molar-refractivity contribution in [2.45, 2.75) is 71.1 Å². The lowest BCUT2D eigenvalue weighted by Gasteiger charge is -2.38. The number of piperidine rings is 1. The minimum Gasteiger partial charge on any atom is -0.465 e. The van der Waals surface area contributed by atoms with Crippen molar-refractivity contribution in [2.75, 3.05) is 57.3 Å². The number of anilines is 1. The number of aromatic nitrogens is 2. The third kappa shape index (κ3) is 7.97. The second kappa shape index (κ2) is 15.5. The summed E-state index contributed by atoms with van der Waals surface area (Å²) < 4.78 is 5.82. The van der Waals surface area contributed by atoms with Gasteiger partial charge in [0.05, 0.1) is 28.2 Å². The van der Waals surface area contributed by atoms with Crippen LogP contribution in [0.25, 0.3) is 10.4 Å². The van der Waals surface area contributed by atoms with E-state index in [0.717, 1.165) is 67.3 Å². The number of aliphatic hydroxyl groups excluding tert-OH is 1. The number of likely N-dealkylation sites (tertiary alicyclic amines) is 2. The SMILES string of the molecule is Cc1ncsc1-c1ccc([C@H](C)NC(=O)[C@@H]2C[C@@H](O)CN2C(=O)[C@@H](c2cc(N3CCN(CC4CCN(C(=O)O)CC4)CC3)no2)C(C)C)cc1. The molecule has 3 amide bonds. The molecule has 3 aliphatic heterocycles. The van der Waals surface area contributed by atoms with E-state index in [0.29, 0.717) is 30.6 Å². The van der Waals surface area contributed by atoms with Crippen LogP contribution in [0, 0.1) is 18.8 Å². The average molecular weight is 708 g/mol. The van der Waals surface area contributed by atoms with Gasteiger partial charge in [0.1, 0.15) is 12.0 Å². The molecule has 3 aromatic rings. The number of carboxylic acid groups (broad SMARTS) is 1. The second-order valence-corrected chi connectivity index (χ2v) is 15.2. The van der Waals surface area contributed by atoms with Crippen molar-refractivity contribution in [3.63, 3.8) is 0 Å². The molecule has 0 unspecified atom stereocenters. The maximum absolute atomic E-state index is 14.1. The Bertz CT molecular complexity index is 1630. The second-order valence-electron chi connectivity index (χ2n) is 14.3. The van der Waals surface area contributed by atoms with E-state index in [1.54, 1.807) is 11.3 Å². The quantitative estimate of drug-likeness (QED) is 0.279. The van der Waals surface area contributed by atoms with Crippen LogP contribution in [-0.2, 0) is 9.59 Å². The number of nitrogens with zero attached hydrogens (tertiary/aromatic N) is 6. The van der Waals surface area contributed by atoms with Crippen molar-refractivity contribution < 1.29 is 29.1 Å². The first-order chi connectivity index (χ1) is 24.0. The molecule has 1 aromatic carbocycles. The summed E-state index contributed by atoms with van der Waals surface area (Å²) in [6.07, 6.45) is 0.317. The van der Waals surface area contributed by atoms with Crippen molar-refractivity contribution in [3.05, 3.63) is 52.9 Å². The van der Waals surface area contributed by atoms with Crippen molar-refractivity contribution in [3.8, 4) is 10.4 Å². The van der Waals surface area contributed by atoms with E-state index >= 15 is 0 Å². The molecule has 5 heterocycles. The van der Waals surface area contributed by atoms with Crippen LogP contribution >= 0.6 is 11.3 Å². The highest BCUT2D eigenvalue weighted by Crippen LogP contribution is 2.34. The molecule has 0 spiro atoms. The van der Waals surface area contributed by atoms with Gasteiger partial charge in [0.2, 0.25) is 11.8 Å². The number of carbonyl (C=O) groups excluding carboxylic acids is 2. The molecule has 3 aliphatic rings. The molecule has 0 bridgehead atoms. The molecule has 3 saturated heterocycles. The van der Waals surface area contributed by atoms with Gasteiger partial charge in [-0.05, 0) is 49.7 Å². The number of thiazole rings is 1. The number of nitrogens with one attached hydrogen (secondary N) is 1. The highest BCUT2D eigenvalue weighted by Gasteiger charge is 2.43. The number of aryl methyl sites for hydroxylation is 1. The van der Waals surface area contributed by atoms with Gasteiger partial charge in [0, 0.05) is 64.8 Å². The lowest BCUT2D eigenvalue weighted by molar-refractivity contribution is -0.141. The number of amides is 3. The number of β-amino-alcohol motifs (C(OH)–C–C–N with tert-alkyl or cyclic N) is 1. The summed E-state index contributed by atoms with van der Waals surface area (Å²) >= 11 is 1.59. The predicted molar refractivity (Wildman–Crippen MR) is 190 cm³/mol. The molecule has 4 atom stereocenters. The van der Waals surface area contributed by atoms with Crippen molar-refractivity contribution >= 4 is 35.1 Å². The lowest BCUT2D eigenvalue weighted by atomic mass is 9.91. The van der Waals surface area contributed by atoms with Crippen LogP contribution in [0.2, 0.25) is 0 Å². The highest BCUT2D eigenvalue weighted by atomic mass is 32.1. The first-order valence-electron chi connectivity index (χ1n) is 17.7. The minimum absolute atomic E-state index is 0.0791. The molecule has 50 heavy (non-hydrogen) atoms. The fourth-order valence-corrected chi connectivity index (χ4v) is 8.33. The molecule has 0 aliphatic carbocycles. The van der Waals surface area contributed by atoms with Gasteiger partial charge in [0.25, 0.3) is 0 Å². The number of piperazine rings is 1. The number of rotatable bonds is 10. The molecule has 6 rings (SSSR count). The Morgan fingerprint density at radius 2 is 1.74 bits per heavy atom. The standard InChI is InChI=1S/C36H49N7O6S/c1-22(2)32(30-18-31(39-49-30)41-15-13-40(14-16-41)19-25-9-11-42(12-10-25)36(47)48)35(46)43-20-28(44)17-29(43)34(45)38-23(3)26-5-7-27(8-6-26)33-24(4)37-21-50-33/h5-8,18,21-23,25,28-29,32,44H,9-17,19-20H2,1-4H3,(H,38,45)(H,47,48)/t23-,28+,29-,32+/m0/s1. The maximum Gasteiger partial charge on any atom is 0.407 e. The maximum atomic E-state index is 14.1. The fraction of sp³-hybridized carbons (Fsp3) is 0.583. The molecule has 3 fully saturated rings. The zero-order chi connectivity index (χ0) is 35.5. The molecule has 0 radical (unpaired) electrons. The topological polar surface area (TPSA) is 156 Å². The molecule has 270 valence electrons. The van der Waals surface area contributed by atoms with Crippen LogP contribution in [0.5, 0.6) is 0 Å². The fourth-order valence-electron chi connectivity index (χ4n) is 7.52. The van der Waals surface area contributed by atoms with Gasteiger partial charge in [-0.3, -0.25) is 14.5 Å². The first kappa shape index (κ1) is 35.8. The van der Waals surface area contributed by atoms with E-state index in [4.69, 9.17) is 4.52 Å². The van der Waals surface area contributed by atoms with Crippen LogP contribution < -0.4 is 10.2 Å². The Kier molecular flexibility index (Phi) is 11.1. The van der Waals surface area contributed by atoms with Crippen LogP contribution in [0.4, 0.5) is 10.6 Å². The average Bonchev–Trinajstić information content (AvgIpc) is 3.85. The lowest BCUT2D eigenvalue weighted by Crippen LogP contribution is -2.49. The third-order valence-corrected chi connectivity index (χ3v) is 11.5. The summed E-state index contributed by atoms with van der Waals surface area (Å²) in [6, 6.07) is 8.80. The first-order valence-corrected chi connectivity index (χ1v) is 18.6. The van der Waals surface area contributed by atoms with Crippen LogP contribution in [0.15, 0.2) is 40.4 Å². The monoisotopic (exact) mass is 707 g/mol. The molecule has 13 nitrogen and oxygen atoms in total. The Morgan fingerprint density at radius 3 is 2.36 bits per heavy atom. The summed E-state index contributed by atoms with van der Waals surface area (Å²) in [7, 11) is 0. The summed E-state index contributed by atoms with van der Waals surface area (Å²) in [5.74, 6) is 0.304. The van der Waals surface area contributed by atoms with Gasteiger partial charge in [-0.25, -0.2) is 9.78 Å². The molecule has 2 aromatic heterocycles. The van der Waals surface area contributed by atoms with Gasteiger partial charge in [0.15, 0.2) is 11.6 Å². The number of carbonyl (C=O) groups is 3. The molecular weight excluding hydrogens is 659 g/mol. The van der Waals surface area contributed by atoms with E-state index in [-0.39, 0.29) is 36.7 Å². The van der Waals surface area contributed by atoms with Gasteiger partial charge in [-0.15, -0.1) is 11.3 Å². The Hall–Kier alpha value is -4.01. The predicted octanol–water partition coefficient (Wildman–Crippen LogP) is 4.20. The molecule has 0 saturated carbocycles. The zero-order valence-electron chi connectivity index (χ0n) is 29.3. The van der Waals surface area contributed by atoms with E-state index in [9.17, 15) is 24.6 Å². The summed E-state index contributed by atoms with van der Waals surface area (Å²) in [5, 5.41) is 27.3. The van der Waals surface area contributed by atoms with Crippen LogP contribution in [0.1, 0.15) is 69.0 Å². The molecule has 3 N–H and O–H groups in total. The van der Waals surface area contributed by atoms with E-state index in [2.05, 4.69) is 25.3 Å². The molecular formula is C36H49N7O6S. The van der Waals surface area contributed by atoms with Gasteiger partial charge < -0.3 is 34.8 Å². The van der Waals surface area contributed by atoms with Gasteiger partial charge >= 0.3 is 6.09 Å². The van der Waals surface area contributed by atoms with Gasteiger partial charge in [-0.1, -0.05) is 43.3 Å². The van der Waals surface area contributed by atoms with Gasteiger partial charge in [-0.2, -0.15) is 0 Å². The Labute approximate surface area is 297 Å². The van der Waals surface area contributed by atoms with Crippen LogP contribution in [0.3, 0.4) is 0 Å². The third-order valence-electron chi connectivity index (χ3n) is 10.5. The van der Waals surface area contributed by atoms with E-state index in [1.165, 1.54) is 9.80 Å². The highest BCUT2D eigenvalue weighted by molar-refractivity contribution is 7.13. The summed E-state index contributed by atoms with van der Waals surface area (Å²) in [4.78, 5) is 52.1. The van der Waals surface area contributed by atoms with Crippen LogP contribution in [-0.4, -0.2) is 117 Å². The summed E-state index contributed by atoms with van der Waals surface area (Å²) in [6.45, 7) is 13.3. The smallest absolute Gasteiger partial charge is 0.407 e. The summed E-state index contributed by atoms with van der Waals surface area (Å²) in [5.41, 5.74) is 4.83. The van der Waals surface area contributed by atoms with Crippen molar-refractivity contribution in [2.24, 2.45) is 11.8 Å². The number of aliphatic hydroxyl groups is 1. The molecule has 14 heteroatoms. The number of hydrogen-bond donors (Lipinski definition) is 3. The van der Waals surface area contributed by atoms with E-state index < -0.39 is 24.2 Å². The Balaban J connectivity index is 1.05. The minimum atomic E-state index is -0.834.